The Morgan fingerprint density at radius 2 is 1.67 bits per heavy atom. The molecule has 0 aliphatic carbocycles. The van der Waals surface area contributed by atoms with Crippen LogP contribution in [0.4, 0.5) is 10.6 Å². The van der Waals surface area contributed by atoms with E-state index in [0.29, 0.717) is 22.5 Å². The van der Waals surface area contributed by atoms with E-state index in [9.17, 15) is 19.2 Å². The molecule has 1 aromatic heterocycles. The summed E-state index contributed by atoms with van der Waals surface area (Å²) in [6, 6.07) is 3.90. The number of ether oxygens (including phenoxy) is 2. The van der Waals surface area contributed by atoms with Crippen LogP contribution in [-0.2, 0) is 19.1 Å². The van der Waals surface area contributed by atoms with Crippen LogP contribution in [0.15, 0.2) is 18.2 Å². The number of carbonyl (C=O) groups is 4. The molecule has 2 N–H and O–H groups in total. The number of Topliss-reactive ketones (excluding diaryl/α,β-unsaturated/α-hetero) is 2. The molecular weight excluding hydrogens is 464 g/mol. The average molecular weight is 501 g/mol. The summed E-state index contributed by atoms with van der Waals surface area (Å²) >= 11 is 0. The first kappa shape index (κ1) is 28.7. The number of esters is 1. The van der Waals surface area contributed by atoms with Crippen molar-refractivity contribution in [2.24, 2.45) is 5.92 Å². The fourth-order valence-corrected chi connectivity index (χ4v) is 3.46. The zero-order valence-electron chi connectivity index (χ0n) is 22.4. The number of aryl methyl sites for hydroxylation is 1. The zero-order valence-corrected chi connectivity index (χ0v) is 22.4. The van der Waals surface area contributed by atoms with Gasteiger partial charge in [-0.15, -0.1) is 0 Å². The van der Waals surface area contributed by atoms with E-state index in [1.165, 1.54) is 6.92 Å². The summed E-state index contributed by atoms with van der Waals surface area (Å²) in [6.07, 6.45) is -1.26. The molecule has 2 aromatic rings. The predicted molar refractivity (Wildman–Crippen MR) is 136 cm³/mol. The molecule has 0 aliphatic rings. The SMILES string of the molecule is COC(=O)C(CC(=O)c1cccc2nc(C)c(NC(C)(C)C)nc12)C(=O)C(C)NC(=O)OC(C)(C)C. The van der Waals surface area contributed by atoms with Gasteiger partial charge in [-0.25, -0.2) is 14.8 Å². The molecule has 1 aromatic carbocycles. The summed E-state index contributed by atoms with van der Waals surface area (Å²) in [5, 5.41) is 5.69. The van der Waals surface area contributed by atoms with Crippen molar-refractivity contribution in [3.8, 4) is 0 Å². The average Bonchev–Trinajstić information content (AvgIpc) is 2.74. The number of hydrogen-bond acceptors (Lipinski definition) is 9. The monoisotopic (exact) mass is 500 g/mol. The first-order valence-electron chi connectivity index (χ1n) is 11.7. The van der Waals surface area contributed by atoms with Gasteiger partial charge in [-0.2, -0.15) is 0 Å². The van der Waals surface area contributed by atoms with Crippen LogP contribution in [0.2, 0.25) is 0 Å². The number of fused-ring (bicyclic) bond motifs is 1. The summed E-state index contributed by atoms with van der Waals surface area (Å²) in [7, 11) is 1.13. The molecule has 10 heteroatoms. The Balaban J connectivity index is 2.35. The van der Waals surface area contributed by atoms with Crippen LogP contribution in [0.5, 0.6) is 0 Å². The van der Waals surface area contributed by atoms with Gasteiger partial charge in [0.2, 0.25) is 0 Å². The number of ketones is 2. The third-order valence-electron chi connectivity index (χ3n) is 5.04. The number of benzene rings is 1. The van der Waals surface area contributed by atoms with Gasteiger partial charge in [0.1, 0.15) is 22.9 Å². The second-order valence-corrected chi connectivity index (χ2v) is 10.7. The van der Waals surface area contributed by atoms with Crippen molar-refractivity contribution < 1.29 is 28.7 Å². The van der Waals surface area contributed by atoms with Gasteiger partial charge >= 0.3 is 12.1 Å². The van der Waals surface area contributed by atoms with Crippen LogP contribution < -0.4 is 10.6 Å². The molecular formula is C26H36N4O6. The molecule has 36 heavy (non-hydrogen) atoms. The molecule has 0 spiro atoms. The zero-order chi connectivity index (χ0) is 27.4. The number of aromatic nitrogens is 2. The molecule has 0 fully saturated rings. The lowest BCUT2D eigenvalue weighted by molar-refractivity contribution is -0.149. The summed E-state index contributed by atoms with van der Waals surface area (Å²) in [4.78, 5) is 60.2. The maximum absolute atomic E-state index is 13.3. The van der Waals surface area contributed by atoms with Gasteiger partial charge in [-0.3, -0.25) is 14.4 Å². The summed E-state index contributed by atoms with van der Waals surface area (Å²) in [5.74, 6) is -2.91. The lowest BCUT2D eigenvalue weighted by Gasteiger charge is -2.23. The van der Waals surface area contributed by atoms with Gasteiger partial charge < -0.3 is 20.1 Å². The fourth-order valence-electron chi connectivity index (χ4n) is 3.46. The standard InChI is InChI=1S/C26H36N4O6/c1-14(28-24(34)36-26(6,7)8)21(32)17(23(33)35-9)13-19(31)16-11-10-12-18-20(16)29-22(15(2)27-18)30-25(3,4)5/h10-12,14,17H,13H2,1-9H3,(H,28,34)(H,29,30). The number of carbonyl (C=O) groups excluding carboxylic acids is 4. The molecule has 1 heterocycles. The molecule has 196 valence electrons. The third-order valence-corrected chi connectivity index (χ3v) is 5.04. The molecule has 0 saturated carbocycles. The molecule has 0 aliphatic heterocycles. The highest BCUT2D eigenvalue weighted by molar-refractivity contribution is 6.11. The molecule has 0 saturated heterocycles. The second kappa shape index (κ2) is 11.0. The predicted octanol–water partition coefficient (Wildman–Crippen LogP) is 3.99. The minimum atomic E-state index is -1.42. The van der Waals surface area contributed by atoms with E-state index < -0.39 is 47.6 Å². The summed E-state index contributed by atoms with van der Waals surface area (Å²) < 4.78 is 9.96. The van der Waals surface area contributed by atoms with E-state index in [-0.39, 0.29) is 11.1 Å². The van der Waals surface area contributed by atoms with E-state index in [2.05, 4.69) is 20.6 Å². The van der Waals surface area contributed by atoms with Gasteiger partial charge in [-0.1, -0.05) is 6.07 Å². The maximum atomic E-state index is 13.3. The van der Waals surface area contributed by atoms with Crippen LogP contribution in [0.25, 0.3) is 11.0 Å². The molecule has 2 unspecified atom stereocenters. The lowest BCUT2D eigenvalue weighted by Crippen LogP contribution is -2.46. The highest BCUT2D eigenvalue weighted by Crippen LogP contribution is 2.24. The minimum absolute atomic E-state index is 0.228. The third kappa shape index (κ3) is 7.73. The quantitative estimate of drug-likeness (QED) is 0.313. The Labute approximate surface area is 211 Å². The van der Waals surface area contributed by atoms with Gasteiger partial charge in [0.05, 0.1) is 24.4 Å². The van der Waals surface area contributed by atoms with Crippen molar-refractivity contribution in [1.29, 1.82) is 0 Å². The topological polar surface area (TPSA) is 137 Å². The van der Waals surface area contributed by atoms with Crippen molar-refractivity contribution in [2.45, 2.75) is 79.0 Å². The molecule has 10 nitrogen and oxygen atoms in total. The molecule has 0 radical (unpaired) electrons. The van der Waals surface area contributed by atoms with Crippen LogP contribution in [0.3, 0.4) is 0 Å². The van der Waals surface area contributed by atoms with Crippen LogP contribution in [0, 0.1) is 12.8 Å². The number of methoxy groups -OCH3 is 1. The van der Waals surface area contributed by atoms with Gasteiger partial charge in [0, 0.05) is 17.5 Å². The van der Waals surface area contributed by atoms with Crippen molar-refractivity contribution >= 4 is 40.5 Å². The number of hydrogen-bond donors (Lipinski definition) is 2. The number of alkyl carbamates (subject to hydrolysis) is 1. The number of amides is 1. The summed E-state index contributed by atoms with van der Waals surface area (Å²) in [5.41, 5.74) is 0.720. The van der Waals surface area contributed by atoms with E-state index in [4.69, 9.17) is 9.47 Å². The Kier molecular flexibility index (Phi) is 8.77. The van der Waals surface area contributed by atoms with Gasteiger partial charge in [-0.05, 0) is 67.5 Å². The molecule has 2 atom stereocenters. The number of nitrogens with zero attached hydrogens (tertiary/aromatic N) is 2. The van der Waals surface area contributed by atoms with Crippen molar-refractivity contribution in [1.82, 2.24) is 15.3 Å². The van der Waals surface area contributed by atoms with Gasteiger partial charge in [0.15, 0.2) is 11.6 Å². The number of para-hydroxylation sites is 1. The highest BCUT2D eigenvalue weighted by Gasteiger charge is 2.35. The Bertz CT molecular complexity index is 1160. The Hall–Kier alpha value is -3.56. The second-order valence-electron chi connectivity index (χ2n) is 10.7. The van der Waals surface area contributed by atoms with Crippen molar-refractivity contribution in [3.63, 3.8) is 0 Å². The first-order valence-corrected chi connectivity index (χ1v) is 11.7. The van der Waals surface area contributed by atoms with Crippen LogP contribution >= 0.6 is 0 Å². The molecule has 1 amide bonds. The first-order chi connectivity index (χ1) is 16.5. The number of anilines is 1. The number of rotatable bonds is 8. The normalized spacial score (nSPS) is 13.5. The van der Waals surface area contributed by atoms with E-state index in [1.54, 1.807) is 39.0 Å². The summed E-state index contributed by atoms with van der Waals surface area (Å²) in [6.45, 7) is 14.2. The maximum Gasteiger partial charge on any atom is 0.408 e. The van der Waals surface area contributed by atoms with Crippen LogP contribution in [-0.4, -0.2) is 57.9 Å². The number of nitrogens with one attached hydrogen (secondary N) is 2. The highest BCUT2D eigenvalue weighted by atomic mass is 16.6. The van der Waals surface area contributed by atoms with E-state index in [0.717, 1.165) is 7.11 Å². The van der Waals surface area contributed by atoms with E-state index in [1.807, 2.05) is 27.7 Å². The fraction of sp³-hybridized carbons (Fsp3) is 0.538. The van der Waals surface area contributed by atoms with Gasteiger partial charge in [0.25, 0.3) is 0 Å². The van der Waals surface area contributed by atoms with Crippen LogP contribution in [0.1, 0.15) is 70.9 Å². The Morgan fingerprint density at radius 3 is 2.22 bits per heavy atom. The Morgan fingerprint density at radius 1 is 1.03 bits per heavy atom. The van der Waals surface area contributed by atoms with E-state index >= 15 is 0 Å². The lowest BCUT2D eigenvalue weighted by atomic mass is 9.91. The smallest absolute Gasteiger partial charge is 0.408 e. The molecule has 0 bridgehead atoms. The van der Waals surface area contributed by atoms with Crippen molar-refractivity contribution in [2.75, 3.05) is 12.4 Å². The minimum Gasteiger partial charge on any atom is -0.468 e. The van der Waals surface area contributed by atoms with Crippen molar-refractivity contribution in [3.05, 3.63) is 29.5 Å². The largest absolute Gasteiger partial charge is 0.468 e. The molecule has 2 rings (SSSR count).